The number of allylic oxidation sites excluding steroid dienone is 1. The van der Waals surface area contributed by atoms with Crippen molar-refractivity contribution < 1.29 is 45.2 Å². The molecule has 0 bridgehead atoms. The topological polar surface area (TPSA) is 160 Å². The van der Waals surface area contributed by atoms with Crippen molar-refractivity contribution in [3.05, 3.63) is 11.6 Å². The first kappa shape index (κ1) is 35.7. The Kier molecular flexibility index (Phi) is 9.56. The van der Waals surface area contributed by atoms with E-state index in [0.717, 1.165) is 38.5 Å². The molecule has 1 saturated heterocycles. The minimum Gasteiger partial charge on any atom is -0.394 e. The maximum absolute atomic E-state index is 12.2. The lowest BCUT2D eigenvalue weighted by atomic mass is 9.38. The van der Waals surface area contributed by atoms with E-state index in [-0.39, 0.29) is 28.3 Å². The van der Waals surface area contributed by atoms with Crippen molar-refractivity contribution in [1.29, 1.82) is 0 Å². The smallest absolute Gasteiger partial charge is 0.187 e. The van der Waals surface area contributed by atoms with Crippen molar-refractivity contribution in [2.24, 2.45) is 45.3 Å². The highest BCUT2D eigenvalue weighted by Gasteiger charge is 2.70. The molecule has 0 aromatic heterocycles. The molecule has 3 saturated carbocycles. The molecule has 45 heavy (non-hydrogen) atoms. The highest BCUT2D eigenvalue weighted by Crippen LogP contribution is 2.75. The molecule has 9 nitrogen and oxygen atoms in total. The molecular weight excluding hydrogens is 576 g/mol. The molecule has 0 aromatic carbocycles. The van der Waals surface area contributed by atoms with Gasteiger partial charge in [0.1, 0.15) is 24.4 Å². The van der Waals surface area contributed by atoms with Gasteiger partial charge < -0.3 is 45.2 Å². The van der Waals surface area contributed by atoms with Crippen LogP contribution in [0.3, 0.4) is 0 Å². The van der Waals surface area contributed by atoms with Crippen LogP contribution >= 0.6 is 0 Å². The quantitative estimate of drug-likeness (QED) is 0.198. The molecule has 0 amide bonds. The van der Waals surface area contributed by atoms with Gasteiger partial charge in [-0.05, 0) is 99.7 Å². The van der Waals surface area contributed by atoms with Crippen LogP contribution in [0, 0.1) is 45.3 Å². The van der Waals surface area contributed by atoms with Crippen molar-refractivity contribution >= 4 is 0 Å². The molecular formula is C36H62O9. The minimum absolute atomic E-state index is 0.0417. The van der Waals surface area contributed by atoms with Gasteiger partial charge in [-0.25, -0.2) is 0 Å². The monoisotopic (exact) mass is 638 g/mol. The van der Waals surface area contributed by atoms with Gasteiger partial charge in [-0.1, -0.05) is 53.2 Å². The van der Waals surface area contributed by atoms with Crippen LogP contribution in [0.25, 0.3) is 0 Å². The molecule has 0 aromatic rings. The highest BCUT2D eigenvalue weighted by molar-refractivity contribution is 5.31. The molecule has 4 aliphatic carbocycles. The van der Waals surface area contributed by atoms with Gasteiger partial charge in [0.05, 0.1) is 30.5 Å². The fourth-order valence-electron chi connectivity index (χ4n) is 11.2. The molecule has 260 valence electrons. The predicted octanol–water partition coefficient (Wildman–Crippen LogP) is 3.30. The first-order valence-corrected chi connectivity index (χ1v) is 17.5. The number of rotatable bonds is 8. The molecule has 1 unspecified atom stereocenters. The molecule has 1 heterocycles. The zero-order chi connectivity index (χ0) is 33.5. The van der Waals surface area contributed by atoms with E-state index in [0.29, 0.717) is 30.6 Å². The number of hydrogen-bond acceptors (Lipinski definition) is 9. The summed E-state index contributed by atoms with van der Waals surface area (Å²) in [4.78, 5) is 0. The Morgan fingerprint density at radius 3 is 2.24 bits per heavy atom. The summed E-state index contributed by atoms with van der Waals surface area (Å²) in [6.07, 6.45) is 1.08. The third kappa shape index (κ3) is 5.48. The van der Waals surface area contributed by atoms with Crippen molar-refractivity contribution in [3.8, 4) is 0 Å². The highest BCUT2D eigenvalue weighted by atomic mass is 16.7. The maximum Gasteiger partial charge on any atom is 0.187 e. The Morgan fingerprint density at radius 1 is 0.956 bits per heavy atom. The first-order chi connectivity index (χ1) is 20.7. The van der Waals surface area contributed by atoms with E-state index in [1.165, 1.54) is 5.57 Å². The summed E-state index contributed by atoms with van der Waals surface area (Å²) >= 11 is 0. The Hall–Kier alpha value is -0.620. The SMILES string of the molecule is C[C@H](CC[C@@H](O)C(C)(C)O)[C@H]1CC[C@@]2(C)[C@H]3CC=C4[C@@H](CC[C@H](O[C@@H]5O[C@H](CO)[C@@H](O)[C@H](O)[C@H]5O)C4(C)C)[C@]3(C)C(O)C[C@]12C. The normalized spacial score (nSPS) is 49.4. The van der Waals surface area contributed by atoms with Crippen molar-refractivity contribution in [2.45, 2.75) is 161 Å². The number of aliphatic hydroxyl groups is 7. The standard InChI is InChI=1S/C36H62O9/c1-19(9-13-25(38)33(4,5)43)20-15-16-34(6)24-12-10-21-22(36(24,8)26(39)17-35(20,34)7)11-14-27(32(21,2)3)45-31-30(42)29(41)28(40)23(18-37)44-31/h10,19-20,22-31,37-43H,9,11-18H2,1-8H3/t19-,20-,22-,23-,24-,25-,26?,27+,28-,29+,30-,31+,34+,35-,36+/m1/s1. The second kappa shape index (κ2) is 12.1. The average Bonchev–Trinajstić information content (AvgIpc) is 3.23. The summed E-state index contributed by atoms with van der Waals surface area (Å²) < 4.78 is 12.1. The van der Waals surface area contributed by atoms with Crippen LogP contribution in [-0.2, 0) is 9.47 Å². The van der Waals surface area contributed by atoms with Crippen LogP contribution < -0.4 is 0 Å². The van der Waals surface area contributed by atoms with Crippen molar-refractivity contribution in [2.75, 3.05) is 6.61 Å². The van der Waals surface area contributed by atoms with E-state index >= 15 is 0 Å². The van der Waals surface area contributed by atoms with Crippen molar-refractivity contribution in [1.82, 2.24) is 0 Å². The predicted molar refractivity (Wildman–Crippen MR) is 170 cm³/mol. The van der Waals surface area contributed by atoms with Gasteiger partial charge >= 0.3 is 0 Å². The van der Waals surface area contributed by atoms with Gasteiger partial charge in [0, 0.05) is 10.8 Å². The summed E-state index contributed by atoms with van der Waals surface area (Å²) in [5.74, 6) is 1.29. The summed E-state index contributed by atoms with van der Waals surface area (Å²) in [6.45, 7) is 16.6. The van der Waals surface area contributed by atoms with Gasteiger partial charge in [-0.2, -0.15) is 0 Å². The van der Waals surface area contributed by atoms with E-state index in [1.807, 2.05) is 0 Å². The molecule has 5 rings (SSSR count). The van der Waals surface area contributed by atoms with Crippen molar-refractivity contribution in [3.63, 3.8) is 0 Å². The Bertz CT molecular complexity index is 1100. The van der Waals surface area contributed by atoms with E-state index in [2.05, 4.69) is 47.6 Å². The molecule has 15 atom stereocenters. The second-order valence-electron chi connectivity index (χ2n) is 17.4. The van der Waals surface area contributed by atoms with E-state index < -0.39 is 60.5 Å². The van der Waals surface area contributed by atoms with Crippen LogP contribution in [0.4, 0.5) is 0 Å². The zero-order valence-electron chi connectivity index (χ0n) is 28.8. The van der Waals surface area contributed by atoms with Gasteiger partial charge in [-0.15, -0.1) is 0 Å². The zero-order valence-corrected chi connectivity index (χ0v) is 28.8. The van der Waals surface area contributed by atoms with Crippen LogP contribution in [-0.4, -0.2) is 97.0 Å². The third-order valence-corrected chi connectivity index (χ3v) is 14.5. The molecule has 0 spiro atoms. The van der Waals surface area contributed by atoms with Crippen LogP contribution in [0.5, 0.6) is 0 Å². The van der Waals surface area contributed by atoms with E-state index in [4.69, 9.17) is 9.47 Å². The lowest BCUT2D eigenvalue weighted by Gasteiger charge is -2.67. The van der Waals surface area contributed by atoms with Gasteiger partial charge in [-0.3, -0.25) is 0 Å². The Balaban J connectivity index is 1.37. The number of aliphatic hydroxyl groups excluding tert-OH is 6. The van der Waals surface area contributed by atoms with Gasteiger partial charge in [0.2, 0.25) is 0 Å². The molecule has 0 radical (unpaired) electrons. The largest absolute Gasteiger partial charge is 0.394 e. The number of hydrogen-bond donors (Lipinski definition) is 7. The van der Waals surface area contributed by atoms with Crippen LogP contribution in [0.1, 0.15) is 107 Å². The average molecular weight is 639 g/mol. The maximum atomic E-state index is 12.2. The summed E-state index contributed by atoms with van der Waals surface area (Å²) in [6, 6.07) is 0. The molecule has 9 heteroatoms. The molecule has 7 N–H and O–H groups in total. The lowest BCUT2D eigenvalue weighted by molar-refractivity contribution is -0.320. The lowest BCUT2D eigenvalue weighted by Crippen LogP contribution is -2.65. The first-order valence-electron chi connectivity index (χ1n) is 17.5. The fourth-order valence-corrected chi connectivity index (χ4v) is 11.2. The van der Waals surface area contributed by atoms with Gasteiger partial charge in [0.25, 0.3) is 0 Å². The number of ether oxygens (including phenoxy) is 2. The summed E-state index contributed by atoms with van der Waals surface area (Å²) in [5.41, 5.74) is -0.568. The number of fused-ring (bicyclic) bond motifs is 5. The van der Waals surface area contributed by atoms with E-state index in [1.54, 1.807) is 13.8 Å². The van der Waals surface area contributed by atoms with Gasteiger partial charge in [0.15, 0.2) is 6.29 Å². The molecule has 1 aliphatic heterocycles. The summed E-state index contributed by atoms with van der Waals surface area (Å²) in [5, 5.41) is 73.9. The fraction of sp³-hybridized carbons (Fsp3) is 0.944. The summed E-state index contributed by atoms with van der Waals surface area (Å²) in [7, 11) is 0. The Morgan fingerprint density at radius 2 is 1.62 bits per heavy atom. The van der Waals surface area contributed by atoms with Crippen LogP contribution in [0.15, 0.2) is 11.6 Å². The van der Waals surface area contributed by atoms with E-state index in [9.17, 15) is 35.7 Å². The Labute approximate surface area is 270 Å². The molecule has 5 aliphatic rings. The second-order valence-corrected chi connectivity index (χ2v) is 17.4. The third-order valence-electron chi connectivity index (χ3n) is 14.5. The van der Waals surface area contributed by atoms with Crippen LogP contribution in [0.2, 0.25) is 0 Å². The minimum atomic E-state index is -1.48. The molecule has 4 fully saturated rings.